The van der Waals surface area contributed by atoms with Crippen molar-refractivity contribution in [2.75, 3.05) is 6.54 Å². The van der Waals surface area contributed by atoms with Crippen molar-refractivity contribution in [2.45, 2.75) is 25.7 Å². The van der Waals surface area contributed by atoms with Crippen LogP contribution in [0.1, 0.15) is 25.7 Å². The summed E-state index contributed by atoms with van der Waals surface area (Å²) in [6, 6.07) is 0. The molecule has 0 saturated heterocycles. The molecule has 0 heterocycles. The summed E-state index contributed by atoms with van der Waals surface area (Å²) in [6.07, 6.45) is 3.62. The van der Waals surface area contributed by atoms with Crippen molar-refractivity contribution < 1.29 is 9.90 Å². The number of hydrogen-bond acceptors (Lipinski definition) is 2. The third kappa shape index (κ3) is 2.32. The summed E-state index contributed by atoms with van der Waals surface area (Å²) >= 11 is 0. The van der Waals surface area contributed by atoms with Crippen LogP contribution in [0.5, 0.6) is 0 Å². The zero-order chi connectivity index (χ0) is 8.97. The van der Waals surface area contributed by atoms with Gasteiger partial charge in [-0.2, -0.15) is 0 Å². The van der Waals surface area contributed by atoms with Gasteiger partial charge in [0.05, 0.1) is 5.92 Å². The highest BCUT2D eigenvalue weighted by Crippen LogP contribution is 2.28. The summed E-state index contributed by atoms with van der Waals surface area (Å²) in [4.78, 5) is 14.4. The normalized spacial score (nSPS) is 29.7. The maximum absolute atomic E-state index is 10.6. The predicted molar refractivity (Wildman–Crippen MR) is 47.5 cm³/mol. The van der Waals surface area contributed by atoms with Crippen LogP contribution in [0.25, 0.3) is 0 Å². The summed E-state index contributed by atoms with van der Waals surface area (Å²) in [6.45, 7) is 4.24. The Morgan fingerprint density at radius 3 is 2.42 bits per heavy atom. The lowest BCUT2D eigenvalue weighted by atomic mass is 9.82. The number of rotatable bonds is 3. The van der Waals surface area contributed by atoms with Crippen LogP contribution in [-0.4, -0.2) is 24.3 Å². The molecule has 0 spiro atoms. The van der Waals surface area contributed by atoms with E-state index in [1.165, 1.54) is 0 Å². The third-order valence-corrected chi connectivity index (χ3v) is 2.58. The van der Waals surface area contributed by atoms with Gasteiger partial charge in [0.25, 0.3) is 0 Å². The Hall–Kier alpha value is -0.860. The lowest BCUT2D eigenvalue weighted by Gasteiger charge is -2.24. The number of aliphatic imine (C=N–C) groups is 1. The first kappa shape index (κ1) is 9.23. The number of nitrogens with zero attached hydrogens (tertiary/aromatic N) is 1. The molecule has 0 aromatic rings. The number of aliphatic carboxylic acids is 1. The Balaban J connectivity index is 2.29. The molecule has 0 bridgehead atoms. The standard InChI is InChI=1S/C9H15NO2/c1-10-6-7-2-4-8(5-3-7)9(11)12/h7-8H,1-6H2,(H,11,12). The molecule has 0 unspecified atom stereocenters. The van der Waals surface area contributed by atoms with Gasteiger partial charge in [0.1, 0.15) is 0 Å². The van der Waals surface area contributed by atoms with Crippen molar-refractivity contribution in [2.24, 2.45) is 16.8 Å². The molecular weight excluding hydrogens is 154 g/mol. The van der Waals surface area contributed by atoms with Gasteiger partial charge in [-0.05, 0) is 38.3 Å². The van der Waals surface area contributed by atoms with Gasteiger partial charge < -0.3 is 10.1 Å². The predicted octanol–water partition coefficient (Wildman–Crippen LogP) is 1.58. The molecule has 1 fully saturated rings. The molecule has 1 aliphatic carbocycles. The fraction of sp³-hybridized carbons (Fsp3) is 0.778. The second kappa shape index (κ2) is 4.24. The van der Waals surface area contributed by atoms with E-state index in [0.717, 1.165) is 32.2 Å². The average Bonchev–Trinajstić information content (AvgIpc) is 2.06. The number of carbonyl (C=O) groups is 1. The van der Waals surface area contributed by atoms with Crippen LogP contribution in [0, 0.1) is 11.8 Å². The third-order valence-electron chi connectivity index (χ3n) is 2.58. The van der Waals surface area contributed by atoms with E-state index in [2.05, 4.69) is 11.7 Å². The second-order valence-corrected chi connectivity index (χ2v) is 3.46. The Morgan fingerprint density at radius 2 is 2.00 bits per heavy atom. The molecule has 0 aromatic carbocycles. The molecule has 0 aliphatic heterocycles. The quantitative estimate of drug-likeness (QED) is 0.652. The van der Waals surface area contributed by atoms with Crippen LogP contribution in [-0.2, 0) is 4.79 Å². The molecule has 0 atom stereocenters. The lowest BCUT2D eigenvalue weighted by Crippen LogP contribution is -2.22. The average molecular weight is 169 g/mol. The number of carboxylic acids is 1. The molecular formula is C9H15NO2. The molecule has 0 amide bonds. The first-order valence-corrected chi connectivity index (χ1v) is 4.39. The molecule has 0 radical (unpaired) electrons. The van der Waals surface area contributed by atoms with E-state index in [1.54, 1.807) is 0 Å². The molecule has 3 nitrogen and oxygen atoms in total. The van der Waals surface area contributed by atoms with E-state index in [4.69, 9.17) is 5.11 Å². The van der Waals surface area contributed by atoms with Crippen molar-refractivity contribution >= 4 is 12.7 Å². The monoisotopic (exact) mass is 169 g/mol. The number of hydrogen-bond donors (Lipinski definition) is 1. The van der Waals surface area contributed by atoms with Crippen LogP contribution >= 0.6 is 0 Å². The van der Waals surface area contributed by atoms with Crippen molar-refractivity contribution in [3.05, 3.63) is 0 Å². The van der Waals surface area contributed by atoms with Crippen molar-refractivity contribution in [3.8, 4) is 0 Å². The minimum absolute atomic E-state index is 0.105. The van der Waals surface area contributed by atoms with Gasteiger partial charge in [-0.15, -0.1) is 0 Å². The molecule has 1 rings (SSSR count). The first-order chi connectivity index (χ1) is 5.74. The fourth-order valence-electron chi connectivity index (χ4n) is 1.77. The molecule has 0 aromatic heterocycles. The van der Waals surface area contributed by atoms with Gasteiger partial charge in [-0.25, -0.2) is 0 Å². The van der Waals surface area contributed by atoms with Crippen LogP contribution in [0.2, 0.25) is 0 Å². The first-order valence-electron chi connectivity index (χ1n) is 4.39. The topological polar surface area (TPSA) is 49.7 Å². The van der Waals surface area contributed by atoms with Crippen molar-refractivity contribution in [1.29, 1.82) is 0 Å². The van der Waals surface area contributed by atoms with E-state index in [1.807, 2.05) is 0 Å². The lowest BCUT2D eigenvalue weighted by molar-refractivity contribution is -0.143. The van der Waals surface area contributed by atoms with E-state index >= 15 is 0 Å². The van der Waals surface area contributed by atoms with Crippen molar-refractivity contribution in [3.63, 3.8) is 0 Å². The summed E-state index contributed by atoms with van der Waals surface area (Å²) in [5.74, 6) is -0.163. The van der Waals surface area contributed by atoms with Gasteiger partial charge in [0.15, 0.2) is 0 Å². The summed E-state index contributed by atoms with van der Waals surface area (Å²) in [5.41, 5.74) is 0. The highest BCUT2D eigenvalue weighted by molar-refractivity contribution is 5.69. The minimum Gasteiger partial charge on any atom is -0.481 e. The van der Waals surface area contributed by atoms with E-state index in [9.17, 15) is 4.79 Å². The van der Waals surface area contributed by atoms with Crippen LogP contribution in [0.15, 0.2) is 4.99 Å². The van der Waals surface area contributed by atoms with Gasteiger partial charge >= 0.3 is 5.97 Å². The van der Waals surface area contributed by atoms with Gasteiger partial charge in [0.2, 0.25) is 0 Å². The SMILES string of the molecule is C=NCC1CCC(C(=O)O)CC1. The van der Waals surface area contributed by atoms with Gasteiger partial charge in [0, 0.05) is 6.54 Å². The maximum Gasteiger partial charge on any atom is 0.306 e. The van der Waals surface area contributed by atoms with Crippen LogP contribution < -0.4 is 0 Å². The highest BCUT2D eigenvalue weighted by atomic mass is 16.4. The molecule has 3 heteroatoms. The Bertz CT molecular complexity index is 171. The summed E-state index contributed by atoms with van der Waals surface area (Å²) in [7, 11) is 0. The Labute approximate surface area is 72.5 Å². The summed E-state index contributed by atoms with van der Waals surface area (Å²) < 4.78 is 0. The van der Waals surface area contributed by atoms with Gasteiger partial charge in [-0.1, -0.05) is 0 Å². The van der Waals surface area contributed by atoms with E-state index in [0.29, 0.717) is 5.92 Å². The van der Waals surface area contributed by atoms with Gasteiger partial charge in [-0.3, -0.25) is 4.79 Å². The van der Waals surface area contributed by atoms with Crippen molar-refractivity contribution in [1.82, 2.24) is 0 Å². The maximum atomic E-state index is 10.6. The zero-order valence-corrected chi connectivity index (χ0v) is 7.20. The van der Waals surface area contributed by atoms with E-state index in [-0.39, 0.29) is 5.92 Å². The molecule has 68 valence electrons. The Kier molecular flexibility index (Phi) is 3.26. The zero-order valence-electron chi connectivity index (χ0n) is 7.20. The summed E-state index contributed by atoms with van der Waals surface area (Å²) in [5, 5.41) is 8.72. The number of carboxylic acid groups (broad SMARTS) is 1. The fourth-order valence-corrected chi connectivity index (χ4v) is 1.77. The molecule has 1 aliphatic rings. The van der Waals surface area contributed by atoms with Crippen LogP contribution in [0.4, 0.5) is 0 Å². The molecule has 1 saturated carbocycles. The molecule has 12 heavy (non-hydrogen) atoms. The van der Waals surface area contributed by atoms with E-state index < -0.39 is 5.97 Å². The van der Waals surface area contributed by atoms with Crippen LogP contribution in [0.3, 0.4) is 0 Å². The largest absolute Gasteiger partial charge is 0.481 e. The second-order valence-electron chi connectivity index (χ2n) is 3.46. The Morgan fingerprint density at radius 1 is 1.42 bits per heavy atom. The minimum atomic E-state index is -0.639. The smallest absolute Gasteiger partial charge is 0.306 e. The molecule has 1 N–H and O–H groups in total. The highest BCUT2D eigenvalue weighted by Gasteiger charge is 2.25.